The smallest absolute Gasteiger partial charge is 0.222 e. The van der Waals surface area contributed by atoms with E-state index in [1.807, 2.05) is 6.08 Å². The van der Waals surface area contributed by atoms with Crippen LogP contribution in [0.25, 0.3) is 0 Å². The first kappa shape index (κ1) is 44.1. The number of unbranched alkanes of at least 4 members (excludes halogenated alkanes) is 27. The van der Waals surface area contributed by atoms with Crippen molar-refractivity contribution in [3.05, 3.63) is 12.2 Å². The van der Waals surface area contributed by atoms with E-state index >= 15 is 0 Å². The fourth-order valence-corrected chi connectivity index (χ4v) is 6.22. The summed E-state index contributed by atoms with van der Waals surface area (Å²) in [6.07, 6.45) is 40.7. The molecule has 0 heterocycles. The molecule has 1 amide bonds. The normalized spacial score (nSPS) is 13.8. The summed E-state index contributed by atoms with van der Waals surface area (Å²) < 4.78 is 0. The van der Waals surface area contributed by atoms with Crippen LogP contribution in [0.15, 0.2) is 12.2 Å². The number of amides is 1. The summed E-state index contributed by atoms with van der Waals surface area (Å²) in [7, 11) is 0. The van der Waals surface area contributed by atoms with E-state index in [-0.39, 0.29) is 18.9 Å². The van der Waals surface area contributed by atoms with E-state index in [0.29, 0.717) is 6.42 Å². The minimum Gasteiger partial charge on any atom is -0.394 e. The van der Waals surface area contributed by atoms with Gasteiger partial charge in [-0.15, -0.1) is 0 Å². The third-order valence-electron chi connectivity index (χ3n) is 9.32. The van der Waals surface area contributed by atoms with Crippen molar-refractivity contribution in [3.8, 4) is 0 Å². The first-order chi connectivity index (χ1) is 22.0. The second kappa shape index (κ2) is 35.9. The average molecular weight is 638 g/mol. The van der Waals surface area contributed by atoms with E-state index in [1.165, 1.54) is 161 Å². The van der Waals surface area contributed by atoms with Crippen LogP contribution in [0.5, 0.6) is 0 Å². The Morgan fingerprint density at radius 1 is 0.556 bits per heavy atom. The van der Waals surface area contributed by atoms with Gasteiger partial charge in [-0.05, 0) is 19.3 Å². The Kier molecular flexibility index (Phi) is 35.2. The molecule has 0 rings (SSSR count). The minimum atomic E-state index is -0.921. The predicted molar refractivity (Wildman–Crippen MR) is 195 cm³/mol. The molecule has 0 spiro atoms. The van der Waals surface area contributed by atoms with Gasteiger partial charge in [0.1, 0.15) is 0 Å². The van der Waals surface area contributed by atoms with Gasteiger partial charge in [0.2, 0.25) is 5.91 Å². The molecule has 0 aromatic rings. The number of hydrogen-bond donors (Lipinski definition) is 4. The van der Waals surface area contributed by atoms with Crippen LogP contribution in [0.2, 0.25) is 0 Å². The zero-order chi connectivity index (χ0) is 33.1. The summed E-state index contributed by atoms with van der Waals surface area (Å²) in [6, 6.07) is -0.737. The zero-order valence-corrected chi connectivity index (χ0v) is 30.3. The summed E-state index contributed by atoms with van der Waals surface area (Å²) in [6.45, 7) is 4.18. The Bertz CT molecular complexity index is 625. The van der Waals surface area contributed by atoms with Crippen molar-refractivity contribution in [2.75, 3.05) is 6.61 Å². The number of allylic oxidation sites excluding steroid dienone is 1. The molecule has 0 bridgehead atoms. The Morgan fingerprint density at radius 3 is 1.29 bits per heavy atom. The molecule has 5 heteroatoms. The monoisotopic (exact) mass is 638 g/mol. The first-order valence-corrected chi connectivity index (χ1v) is 20.0. The zero-order valence-electron chi connectivity index (χ0n) is 30.3. The maximum absolute atomic E-state index is 12.3. The van der Waals surface area contributed by atoms with Gasteiger partial charge in [0.25, 0.3) is 0 Å². The van der Waals surface area contributed by atoms with Crippen molar-refractivity contribution < 1.29 is 20.1 Å². The van der Waals surface area contributed by atoms with Crippen LogP contribution in [-0.4, -0.2) is 46.1 Å². The summed E-state index contributed by atoms with van der Waals surface area (Å²) >= 11 is 0. The quantitative estimate of drug-likeness (QED) is 0.0406. The van der Waals surface area contributed by atoms with Gasteiger partial charge in [0.15, 0.2) is 0 Å². The fourth-order valence-electron chi connectivity index (χ4n) is 6.22. The topological polar surface area (TPSA) is 89.8 Å². The molecule has 0 saturated heterocycles. The third-order valence-corrected chi connectivity index (χ3v) is 9.32. The third kappa shape index (κ3) is 32.8. The molecule has 0 aromatic carbocycles. The van der Waals surface area contributed by atoms with Gasteiger partial charge in [0.05, 0.1) is 31.3 Å². The molecule has 45 heavy (non-hydrogen) atoms. The predicted octanol–water partition coefficient (Wildman–Crippen LogP) is 10.9. The Balaban J connectivity index is 3.58. The van der Waals surface area contributed by atoms with Gasteiger partial charge in [-0.3, -0.25) is 4.79 Å². The van der Waals surface area contributed by atoms with Crippen LogP contribution in [-0.2, 0) is 4.79 Å². The lowest BCUT2D eigenvalue weighted by Crippen LogP contribution is -2.45. The number of nitrogens with one attached hydrogen (secondary N) is 1. The summed E-state index contributed by atoms with van der Waals surface area (Å²) in [5, 5.41) is 33.0. The molecule has 0 radical (unpaired) electrons. The molecule has 0 fully saturated rings. The van der Waals surface area contributed by atoms with E-state index in [1.54, 1.807) is 6.08 Å². The van der Waals surface area contributed by atoms with Crippen LogP contribution < -0.4 is 5.32 Å². The summed E-state index contributed by atoms with van der Waals surface area (Å²) in [4.78, 5) is 12.3. The molecule has 0 aliphatic rings. The SMILES string of the molecule is CCCCCCCCC/C=C/C(O)C(CO)NC(=O)CC(O)CCCCCCCCCCCCCCCCCCCCCCC. The largest absolute Gasteiger partial charge is 0.394 e. The van der Waals surface area contributed by atoms with E-state index in [0.717, 1.165) is 25.7 Å². The molecule has 0 aliphatic heterocycles. The molecule has 4 N–H and O–H groups in total. The lowest BCUT2D eigenvalue weighted by molar-refractivity contribution is -0.124. The van der Waals surface area contributed by atoms with Crippen molar-refractivity contribution in [1.29, 1.82) is 0 Å². The van der Waals surface area contributed by atoms with E-state index < -0.39 is 18.2 Å². The maximum atomic E-state index is 12.3. The van der Waals surface area contributed by atoms with Gasteiger partial charge in [-0.2, -0.15) is 0 Å². The Labute approximate surface area is 280 Å². The van der Waals surface area contributed by atoms with Gasteiger partial charge in [-0.25, -0.2) is 0 Å². The Morgan fingerprint density at radius 2 is 0.911 bits per heavy atom. The van der Waals surface area contributed by atoms with Crippen LogP contribution >= 0.6 is 0 Å². The number of carbonyl (C=O) groups is 1. The second-order valence-electron chi connectivity index (χ2n) is 13.9. The van der Waals surface area contributed by atoms with Crippen LogP contribution in [0.1, 0.15) is 213 Å². The number of hydrogen-bond acceptors (Lipinski definition) is 4. The number of aliphatic hydroxyl groups excluding tert-OH is 3. The Hall–Kier alpha value is -0.910. The molecule has 0 aromatic heterocycles. The average Bonchev–Trinajstić information content (AvgIpc) is 3.03. The lowest BCUT2D eigenvalue weighted by atomic mass is 10.0. The summed E-state index contributed by atoms with van der Waals surface area (Å²) in [5.41, 5.74) is 0. The molecular weight excluding hydrogens is 558 g/mol. The van der Waals surface area contributed by atoms with Crippen molar-refractivity contribution in [2.45, 2.75) is 231 Å². The van der Waals surface area contributed by atoms with Crippen molar-refractivity contribution in [2.24, 2.45) is 0 Å². The molecule has 0 saturated carbocycles. The maximum Gasteiger partial charge on any atom is 0.222 e. The molecular formula is C40H79NO4. The van der Waals surface area contributed by atoms with Gasteiger partial charge >= 0.3 is 0 Å². The molecule has 5 nitrogen and oxygen atoms in total. The fraction of sp³-hybridized carbons (Fsp3) is 0.925. The highest BCUT2D eigenvalue weighted by Crippen LogP contribution is 2.16. The molecule has 0 aliphatic carbocycles. The van der Waals surface area contributed by atoms with E-state index in [2.05, 4.69) is 19.2 Å². The standard InChI is InChI=1S/C40H79NO4/c1-3-5-7-9-11-13-14-15-16-17-18-19-20-21-22-23-24-26-27-29-31-33-37(43)35-40(45)41-38(36-42)39(44)34-32-30-28-25-12-10-8-6-4-2/h32,34,37-39,42-44H,3-31,33,35-36H2,1-2H3,(H,41,45)/b34-32+. The number of aliphatic hydroxyl groups is 3. The van der Waals surface area contributed by atoms with Crippen LogP contribution in [0, 0.1) is 0 Å². The number of carbonyl (C=O) groups excluding carboxylic acids is 1. The van der Waals surface area contributed by atoms with Gasteiger partial charge in [0, 0.05) is 0 Å². The lowest BCUT2D eigenvalue weighted by Gasteiger charge is -2.21. The highest BCUT2D eigenvalue weighted by atomic mass is 16.3. The highest BCUT2D eigenvalue weighted by Gasteiger charge is 2.20. The second-order valence-corrected chi connectivity index (χ2v) is 13.9. The minimum absolute atomic E-state index is 0.0180. The van der Waals surface area contributed by atoms with Crippen molar-refractivity contribution in [1.82, 2.24) is 5.32 Å². The van der Waals surface area contributed by atoms with E-state index in [4.69, 9.17) is 0 Å². The molecule has 3 unspecified atom stereocenters. The van der Waals surface area contributed by atoms with Gasteiger partial charge < -0.3 is 20.6 Å². The van der Waals surface area contributed by atoms with Crippen LogP contribution in [0.4, 0.5) is 0 Å². The molecule has 268 valence electrons. The first-order valence-electron chi connectivity index (χ1n) is 20.0. The molecule has 3 atom stereocenters. The van der Waals surface area contributed by atoms with Crippen molar-refractivity contribution >= 4 is 5.91 Å². The highest BCUT2D eigenvalue weighted by molar-refractivity contribution is 5.76. The number of rotatable bonds is 36. The van der Waals surface area contributed by atoms with Gasteiger partial charge in [-0.1, -0.05) is 199 Å². The van der Waals surface area contributed by atoms with E-state index in [9.17, 15) is 20.1 Å². The summed E-state index contributed by atoms with van der Waals surface area (Å²) in [5.74, 6) is -0.315. The van der Waals surface area contributed by atoms with Crippen LogP contribution in [0.3, 0.4) is 0 Å². The van der Waals surface area contributed by atoms with Crippen molar-refractivity contribution in [3.63, 3.8) is 0 Å².